The zero-order valence-electron chi connectivity index (χ0n) is 15.1. The van der Waals surface area contributed by atoms with Gasteiger partial charge in [-0.05, 0) is 55.5 Å². The predicted molar refractivity (Wildman–Crippen MR) is 108 cm³/mol. The second kappa shape index (κ2) is 8.41. The number of benzene rings is 2. The molecule has 0 saturated heterocycles. The van der Waals surface area contributed by atoms with Crippen LogP contribution in [-0.4, -0.2) is 32.5 Å². The molecular weight excluding hydrogens is 390 g/mol. The molecule has 2 rings (SSSR count). The van der Waals surface area contributed by atoms with Gasteiger partial charge < -0.3 is 10.6 Å². The first-order valence-corrected chi connectivity index (χ1v) is 10.2. The van der Waals surface area contributed by atoms with E-state index >= 15 is 0 Å². The summed E-state index contributed by atoms with van der Waals surface area (Å²) in [6.07, 6.45) is 1.04. The van der Waals surface area contributed by atoms with Gasteiger partial charge in [-0.15, -0.1) is 0 Å². The van der Waals surface area contributed by atoms with Crippen molar-refractivity contribution in [3.8, 4) is 0 Å². The van der Waals surface area contributed by atoms with E-state index in [0.29, 0.717) is 22.1 Å². The summed E-state index contributed by atoms with van der Waals surface area (Å²) in [5, 5.41) is 5.76. The molecule has 0 bridgehead atoms. The molecule has 2 amide bonds. The average molecular weight is 410 g/mol. The van der Waals surface area contributed by atoms with E-state index in [9.17, 15) is 18.0 Å². The predicted octanol–water partition coefficient (Wildman–Crippen LogP) is 3.09. The molecule has 0 saturated carbocycles. The third kappa shape index (κ3) is 5.70. The van der Waals surface area contributed by atoms with Crippen LogP contribution in [0.15, 0.2) is 48.5 Å². The third-order valence-electron chi connectivity index (χ3n) is 3.64. The molecule has 0 spiro atoms. The Hall–Kier alpha value is -2.58. The highest BCUT2D eigenvalue weighted by molar-refractivity contribution is 7.92. The largest absolute Gasteiger partial charge is 0.326 e. The Bertz CT molecular complexity index is 928. The highest BCUT2D eigenvalue weighted by atomic mass is 35.5. The lowest BCUT2D eigenvalue weighted by molar-refractivity contribution is -0.117. The van der Waals surface area contributed by atoms with Crippen molar-refractivity contribution in [2.75, 3.05) is 21.2 Å². The highest BCUT2D eigenvalue weighted by Crippen LogP contribution is 2.24. The Balaban J connectivity index is 2.19. The SMILES string of the molecule is CC(=O)Nc1ccc(NC(=O)[C@@H](C)N(c2ccc(Cl)cc2)S(C)(=O)=O)cc1. The van der Waals surface area contributed by atoms with Crippen molar-refractivity contribution in [2.24, 2.45) is 0 Å². The molecule has 7 nitrogen and oxygen atoms in total. The number of nitrogens with one attached hydrogen (secondary N) is 2. The summed E-state index contributed by atoms with van der Waals surface area (Å²) < 4.78 is 25.5. The zero-order valence-corrected chi connectivity index (χ0v) is 16.6. The quantitative estimate of drug-likeness (QED) is 0.766. The van der Waals surface area contributed by atoms with Crippen LogP contribution in [0.25, 0.3) is 0 Å². The van der Waals surface area contributed by atoms with E-state index < -0.39 is 22.0 Å². The van der Waals surface area contributed by atoms with Crippen LogP contribution in [0.4, 0.5) is 17.1 Å². The topological polar surface area (TPSA) is 95.6 Å². The van der Waals surface area contributed by atoms with Gasteiger partial charge in [-0.1, -0.05) is 11.6 Å². The molecule has 2 aromatic rings. The van der Waals surface area contributed by atoms with E-state index in [4.69, 9.17) is 11.6 Å². The lowest BCUT2D eigenvalue weighted by Crippen LogP contribution is -2.45. The van der Waals surface area contributed by atoms with Gasteiger partial charge in [0.15, 0.2) is 0 Å². The van der Waals surface area contributed by atoms with Crippen LogP contribution in [0, 0.1) is 0 Å². The fourth-order valence-corrected chi connectivity index (χ4v) is 3.78. The lowest BCUT2D eigenvalue weighted by atomic mass is 10.2. The van der Waals surface area contributed by atoms with Crippen molar-refractivity contribution in [3.63, 3.8) is 0 Å². The average Bonchev–Trinajstić information content (AvgIpc) is 2.57. The van der Waals surface area contributed by atoms with Crippen LogP contribution in [0.2, 0.25) is 5.02 Å². The van der Waals surface area contributed by atoms with Gasteiger partial charge in [0.25, 0.3) is 0 Å². The first kappa shape index (κ1) is 20.7. The van der Waals surface area contributed by atoms with Crippen LogP contribution in [0.5, 0.6) is 0 Å². The van der Waals surface area contributed by atoms with Crippen molar-refractivity contribution < 1.29 is 18.0 Å². The lowest BCUT2D eigenvalue weighted by Gasteiger charge is -2.28. The maximum Gasteiger partial charge on any atom is 0.247 e. The first-order valence-electron chi connectivity index (χ1n) is 8.01. The number of sulfonamides is 1. The summed E-state index contributed by atoms with van der Waals surface area (Å²) in [5.74, 6) is -0.699. The number of rotatable bonds is 6. The minimum atomic E-state index is -3.71. The third-order valence-corrected chi connectivity index (χ3v) is 5.14. The van der Waals surface area contributed by atoms with Crippen LogP contribution in [-0.2, 0) is 19.6 Å². The number of nitrogens with zero attached hydrogens (tertiary/aromatic N) is 1. The van der Waals surface area contributed by atoms with Crippen molar-refractivity contribution in [2.45, 2.75) is 19.9 Å². The number of halogens is 1. The molecule has 0 fully saturated rings. The van der Waals surface area contributed by atoms with E-state index in [2.05, 4.69) is 10.6 Å². The second-order valence-corrected chi connectivity index (χ2v) is 8.25. The van der Waals surface area contributed by atoms with Crippen LogP contribution in [0.3, 0.4) is 0 Å². The maximum absolute atomic E-state index is 12.6. The normalized spacial score (nSPS) is 12.1. The molecule has 0 heterocycles. The molecule has 0 radical (unpaired) electrons. The molecule has 2 N–H and O–H groups in total. The molecule has 1 atom stereocenters. The molecule has 2 aromatic carbocycles. The molecule has 27 heavy (non-hydrogen) atoms. The molecule has 0 aliphatic carbocycles. The molecule has 0 aliphatic heterocycles. The van der Waals surface area contributed by atoms with Crippen molar-refractivity contribution in [3.05, 3.63) is 53.6 Å². The smallest absolute Gasteiger partial charge is 0.247 e. The van der Waals surface area contributed by atoms with Crippen LogP contribution in [0.1, 0.15) is 13.8 Å². The summed E-state index contributed by atoms with van der Waals surface area (Å²) in [4.78, 5) is 23.6. The van der Waals surface area contributed by atoms with E-state index in [1.54, 1.807) is 36.4 Å². The molecule has 9 heteroatoms. The number of carbonyl (C=O) groups excluding carboxylic acids is 2. The van der Waals surface area contributed by atoms with E-state index in [0.717, 1.165) is 10.6 Å². The van der Waals surface area contributed by atoms with Crippen LogP contribution < -0.4 is 14.9 Å². The fourth-order valence-electron chi connectivity index (χ4n) is 2.48. The fraction of sp³-hybridized carbons (Fsp3) is 0.222. The standard InChI is InChI=1S/C18H20ClN3O4S/c1-12(22(27(3,25)26)17-10-4-14(19)5-11-17)18(24)21-16-8-6-15(7-9-16)20-13(2)23/h4-12H,1-3H3,(H,20,23)(H,21,24)/t12-/m1/s1. The second-order valence-electron chi connectivity index (χ2n) is 5.96. The summed E-state index contributed by atoms with van der Waals surface area (Å²) in [6, 6.07) is 11.7. The van der Waals surface area contributed by atoms with Gasteiger partial charge in [0.2, 0.25) is 21.8 Å². The van der Waals surface area contributed by atoms with Crippen molar-refractivity contribution in [1.82, 2.24) is 0 Å². The Morgan fingerprint density at radius 1 is 0.963 bits per heavy atom. The monoisotopic (exact) mass is 409 g/mol. The Labute approximate surface area is 163 Å². The Morgan fingerprint density at radius 2 is 1.44 bits per heavy atom. The van der Waals surface area contributed by atoms with Gasteiger partial charge >= 0.3 is 0 Å². The van der Waals surface area contributed by atoms with Gasteiger partial charge in [-0.2, -0.15) is 0 Å². The van der Waals surface area contributed by atoms with E-state index in [-0.39, 0.29) is 5.91 Å². The first-order chi connectivity index (χ1) is 12.6. The van der Waals surface area contributed by atoms with Crippen molar-refractivity contribution >= 4 is 50.5 Å². The summed E-state index contributed by atoms with van der Waals surface area (Å²) in [7, 11) is -3.71. The zero-order chi connectivity index (χ0) is 20.2. The van der Waals surface area contributed by atoms with E-state index in [1.807, 2.05) is 0 Å². The van der Waals surface area contributed by atoms with Gasteiger partial charge in [0, 0.05) is 23.3 Å². The molecule has 0 aromatic heterocycles. The van der Waals surface area contributed by atoms with Gasteiger partial charge in [-0.25, -0.2) is 8.42 Å². The number of amides is 2. The number of hydrogen-bond acceptors (Lipinski definition) is 4. The van der Waals surface area contributed by atoms with Crippen LogP contribution >= 0.6 is 11.6 Å². The number of hydrogen-bond donors (Lipinski definition) is 2. The highest BCUT2D eigenvalue weighted by Gasteiger charge is 2.29. The van der Waals surface area contributed by atoms with Gasteiger partial charge in [0.05, 0.1) is 11.9 Å². The molecule has 0 aliphatic rings. The molecule has 144 valence electrons. The van der Waals surface area contributed by atoms with Gasteiger partial charge in [0.1, 0.15) is 6.04 Å². The summed E-state index contributed by atoms with van der Waals surface area (Å²) in [5.41, 5.74) is 1.41. The summed E-state index contributed by atoms with van der Waals surface area (Å²) >= 11 is 5.85. The summed E-state index contributed by atoms with van der Waals surface area (Å²) in [6.45, 7) is 2.89. The minimum Gasteiger partial charge on any atom is -0.326 e. The number of anilines is 3. The maximum atomic E-state index is 12.6. The molecular formula is C18H20ClN3O4S. The van der Waals surface area contributed by atoms with Gasteiger partial charge in [-0.3, -0.25) is 13.9 Å². The van der Waals surface area contributed by atoms with E-state index in [1.165, 1.54) is 26.0 Å². The Morgan fingerprint density at radius 3 is 1.89 bits per heavy atom. The Kier molecular flexibility index (Phi) is 6.45. The molecule has 0 unspecified atom stereocenters. The number of carbonyl (C=O) groups is 2. The van der Waals surface area contributed by atoms with Crippen molar-refractivity contribution in [1.29, 1.82) is 0 Å². The minimum absolute atomic E-state index is 0.202.